The Morgan fingerprint density at radius 3 is 2.50 bits per heavy atom. The molecule has 1 aromatic heterocycles. The molecule has 1 aliphatic carbocycles. The molecule has 1 fully saturated rings. The lowest BCUT2D eigenvalue weighted by molar-refractivity contribution is -0.499. The van der Waals surface area contributed by atoms with Crippen LogP contribution in [0.4, 0.5) is 0 Å². The molecule has 24 heavy (non-hydrogen) atoms. The molecule has 0 N–H and O–H groups in total. The summed E-state index contributed by atoms with van der Waals surface area (Å²) in [7, 11) is 4.12. The molecule has 1 aliphatic rings. The minimum Gasteiger partial charge on any atom is -0.466 e. The number of hydrogen-bond donors (Lipinski definition) is 0. The summed E-state index contributed by atoms with van der Waals surface area (Å²) in [6, 6.07) is 4.18. The summed E-state index contributed by atoms with van der Waals surface area (Å²) in [5.41, 5.74) is -0.685. The van der Waals surface area contributed by atoms with E-state index in [0.29, 0.717) is 19.4 Å². The van der Waals surface area contributed by atoms with E-state index in [1.165, 1.54) is 4.88 Å². The Balaban J connectivity index is 2.20. The Morgan fingerprint density at radius 2 is 2.04 bits per heavy atom. The lowest BCUT2D eigenvalue weighted by atomic mass is 9.65. The Morgan fingerprint density at radius 1 is 1.38 bits per heavy atom. The van der Waals surface area contributed by atoms with E-state index in [9.17, 15) is 14.9 Å². The van der Waals surface area contributed by atoms with E-state index in [1.807, 2.05) is 6.07 Å². The molecule has 0 saturated heterocycles. The van der Waals surface area contributed by atoms with E-state index in [-0.39, 0.29) is 29.4 Å². The molecule has 0 amide bonds. The highest BCUT2D eigenvalue weighted by Crippen LogP contribution is 2.50. The average molecular weight is 354 g/mol. The average Bonchev–Trinajstić information content (AvgIpc) is 3.02. The second-order valence-electron chi connectivity index (χ2n) is 6.88. The smallest absolute Gasteiger partial charge is 0.306 e. The highest BCUT2D eigenvalue weighted by molar-refractivity contribution is 7.10. The van der Waals surface area contributed by atoms with Crippen LogP contribution in [0.3, 0.4) is 0 Å². The number of carbonyl (C=O) groups is 1. The van der Waals surface area contributed by atoms with E-state index in [2.05, 4.69) is 30.4 Å². The van der Waals surface area contributed by atoms with Gasteiger partial charge in [-0.2, -0.15) is 0 Å². The van der Waals surface area contributed by atoms with Crippen molar-refractivity contribution in [3.8, 4) is 0 Å². The third-order valence-corrected chi connectivity index (χ3v) is 6.33. The Hall–Kier alpha value is -1.47. The summed E-state index contributed by atoms with van der Waals surface area (Å²) in [5.74, 6) is -0.326. The van der Waals surface area contributed by atoms with Crippen molar-refractivity contribution in [1.82, 2.24) is 4.90 Å². The number of rotatable bonds is 7. The van der Waals surface area contributed by atoms with Gasteiger partial charge in [-0.3, -0.25) is 19.8 Å². The molecule has 6 nitrogen and oxygen atoms in total. The Kier molecular flexibility index (Phi) is 5.98. The van der Waals surface area contributed by atoms with E-state index < -0.39 is 5.41 Å². The second-order valence-corrected chi connectivity index (χ2v) is 7.82. The van der Waals surface area contributed by atoms with Gasteiger partial charge in [-0.05, 0) is 58.1 Å². The van der Waals surface area contributed by atoms with Gasteiger partial charge in [-0.15, -0.1) is 11.3 Å². The van der Waals surface area contributed by atoms with Gasteiger partial charge in [0.1, 0.15) is 0 Å². The number of esters is 1. The highest BCUT2D eigenvalue weighted by atomic mass is 32.1. The number of carbonyl (C=O) groups excluding carboxylic acids is 1. The van der Waals surface area contributed by atoms with Gasteiger partial charge in [-0.1, -0.05) is 6.07 Å². The molecule has 0 unspecified atom stereocenters. The van der Waals surface area contributed by atoms with Gasteiger partial charge >= 0.3 is 5.97 Å². The molecule has 0 radical (unpaired) electrons. The highest BCUT2D eigenvalue weighted by Gasteiger charge is 2.49. The predicted octanol–water partition coefficient (Wildman–Crippen LogP) is 3.30. The molecule has 1 saturated carbocycles. The van der Waals surface area contributed by atoms with Crippen molar-refractivity contribution >= 4 is 17.3 Å². The van der Waals surface area contributed by atoms with E-state index >= 15 is 0 Å². The van der Waals surface area contributed by atoms with Gasteiger partial charge in [0.25, 0.3) is 0 Å². The van der Waals surface area contributed by atoms with Crippen LogP contribution in [0.1, 0.15) is 43.9 Å². The van der Waals surface area contributed by atoms with Crippen molar-refractivity contribution in [3.05, 3.63) is 32.5 Å². The standard InChI is InChI=1S/C17H26N2O4S/c1-4-23-15(20)12-16(13-19(21)22)7-9-17(10-8-16,18(2)3)14-6-5-11-24-14/h5-6,11H,4,7-10,12-13H2,1-3H3. The summed E-state index contributed by atoms with van der Waals surface area (Å²) in [5, 5.41) is 13.2. The molecule has 134 valence electrons. The van der Waals surface area contributed by atoms with Gasteiger partial charge in [-0.25, -0.2) is 0 Å². The lowest BCUT2D eigenvalue weighted by Gasteiger charge is -2.47. The first-order valence-corrected chi connectivity index (χ1v) is 9.20. The second kappa shape index (κ2) is 7.61. The molecule has 0 aromatic carbocycles. The van der Waals surface area contributed by atoms with E-state index in [0.717, 1.165) is 12.8 Å². The molecule has 0 bridgehead atoms. The molecular weight excluding hydrogens is 328 g/mol. The fourth-order valence-corrected chi connectivity index (χ4v) is 4.90. The maximum atomic E-state index is 12.0. The molecule has 1 aromatic rings. The third-order valence-electron chi connectivity index (χ3n) is 5.26. The quantitative estimate of drug-likeness (QED) is 0.427. The van der Waals surface area contributed by atoms with Gasteiger partial charge in [0.2, 0.25) is 6.54 Å². The zero-order valence-electron chi connectivity index (χ0n) is 14.6. The maximum absolute atomic E-state index is 12.0. The van der Waals surface area contributed by atoms with Crippen LogP contribution in [-0.4, -0.2) is 43.0 Å². The summed E-state index contributed by atoms with van der Waals surface area (Å²) >= 11 is 1.73. The van der Waals surface area contributed by atoms with Crippen LogP contribution in [-0.2, 0) is 15.1 Å². The van der Waals surface area contributed by atoms with Crippen LogP contribution in [0.15, 0.2) is 17.5 Å². The van der Waals surface area contributed by atoms with E-state index in [1.54, 1.807) is 18.3 Å². The van der Waals surface area contributed by atoms with Crippen molar-refractivity contribution in [2.45, 2.75) is 44.6 Å². The molecule has 0 spiro atoms. The monoisotopic (exact) mass is 354 g/mol. The molecule has 0 aliphatic heterocycles. The minimum absolute atomic E-state index is 0.0943. The molecule has 0 atom stereocenters. The largest absolute Gasteiger partial charge is 0.466 e. The van der Waals surface area contributed by atoms with Crippen molar-refractivity contribution in [3.63, 3.8) is 0 Å². The van der Waals surface area contributed by atoms with Crippen molar-refractivity contribution in [2.75, 3.05) is 27.2 Å². The number of nitrogens with zero attached hydrogens (tertiary/aromatic N) is 2. The van der Waals surface area contributed by atoms with Gasteiger partial charge < -0.3 is 4.74 Å². The maximum Gasteiger partial charge on any atom is 0.306 e. The Labute approximate surface area is 146 Å². The van der Waals surface area contributed by atoms with Crippen LogP contribution in [0.5, 0.6) is 0 Å². The van der Waals surface area contributed by atoms with Crippen LogP contribution in [0, 0.1) is 15.5 Å². The number of thiophene rings is 1. The molecule has 1 heterocycles. The molecule has 2 rings (SSSR count). The fourth-order valence-electron chi connectivity index (χ4n) is 3.83. The minimum atomic E-state index is -0.591. The first-order valence-electron chi connectivity index (χ1n) is 8.32. The fraction of sp³-hybridized carbons (Fsp3) is 0.706. The SMILES string of the molecule is CCOC(=O)CC1(C[N+](=O)[O-])CCC(c2cccs2)(N(C)C)CC1. The topological polar surface area (TPSA) is 72.7 Å². The molecule has 7 heteroatoms. The number of hydrogen-bond acceptors (Lipinski definition) is 6. The van der Waals surface area contributed by atoms with Gasteiger partial charge in [0.15, 0.2) is 0 Å². The number of nitro groups is 1. The Bertz CT molecular complexity index is 563. The van der Waals surface area contributed by atoms with Crippen LogP contribution >= 0.6 is 11.3 Å². The first-order chi connectivity index (χ1) is 11.3. The van der Waals surface area contributed by atoms with E-state index in [4.69, 9.17) is 4.74 Å². The van der Waals surface area contributed by atoms with Crippen LogP contribution in [0.2, 0.25) is 0 Å². The van der Waals surface area contributed by atoms with Crippen molar-refractivity contribution in [2.24, 2.45) is 5.41 Å². The zero-order chi connectivity index (χ0) is 17.8. The number of ether oxygens (including phenoxy) is 1. The summed E-state index contributed by atoms with van der Waals surface area (Å²) in [6.07, 6.45) is 3.07. The van der Waals surface area contributed by atoms with Gasteiger partial charge in [0, 0.05) is 15.2 Å². The summed E-state index contributed by atoms with van der Waals surface area (Å²) < 4.78 is 5.05. The lowest BCUT2D eigenvalue weighted by Crippen LogP contribution is -2.48. The van der Waals surface area contributed by atoms with Crippen molar-refractivity contribution < 1.29 is 14.5 Å². The van der Waals surface area contributed by atoms with Crippen molar-refractivity contribution in [1.29, 1.82) is 0 Å². The third kappa shape index (κ3) is 3.95. The summed E-state index contributed by atoms with van der Waals surface area (Å²) in [6.45, 7) is 1.90. The summed E-state index contributed by atoms with van der Waals surface area (Å²) in [4.78, 5) is 26.4. The van der Waals surface area contributed by atoms with Gasteiger partial charge in [0.05, 0.1) is 18.6 Å². The van der Waals surface area contributed by atoms with Crippen LogP contribution < -0.4 is 0 Å². The zero-order valence-corrected chi connectivity index (χ0v) is 15.4. The first kappa shape index (κ1) is 18.9. The molecular formula is C17H26N2O4S. The normalized spacial score (nSPS) is 27.2. The van der Waals surface area contributed by atoms with Crippen LogP contribution in [0.25, 0.3) is 0 Å². The predicted molar refractivity (Wildman–Crippen MR) is 93.7 cm³/mol.